The van der Waals surface area contributed by atoms with E-state index >= 15 is 0 Å². The first kappa shape index (κ1) is 18.0. The van der Waals surface area contributed by atoms with Gasteiger partial charge < -0.3 is 10.2 Å². The van der Waals surface area contributed by atoms with Crippen molar-refractivity contribution in [3.8, 4) is 0 Å². The Kier molecular flexibility index (Phi) is 6.22. The molecule has 3 nitrogen and oxygen atoms in total. The van der Waals surface area contributed by atoms with Crippen molar-refractivity contribution in [3.05, 3.63) is 33.8 Å². The number of carbonyl (C=O) groups excluding carboxylic acids is 1. The van der Waals surface area contributed by atoms with Gasteiger partial charge in [-0.25, -0.2) is 0 Å². The fraction of sp³-hybridized carbons (Fsp3) is 0.500. The van der Waals surface area contributed by atoms with Crippen molar-refractivity contribution in [3.63, 3.8) is 0 Å². The molecule has 0 unspecified atom stereocenters. The Bertz CT molecular complexity index is 503. The molecule has 0 aliphatic rings. The Hall–Kier alpha value is -1.08. The predicted molar refractivity (Wildman–Crippen MR) is 79.2 cm³/mol. The van der Waals surface area contributed by atoms with Crippen molar-refractivity contribution in [2.45, 2.75) is 26.1 Å². The monoisotopic (exact) mass is 366 g/mol. The highest BCUT2D eigenvalue weighted by atomic mass is 79.9. The lowest BCUT2D eigenvalue weighted by atomic mass is 10.1. The lowest BCUT2D eigenvalue weighted by molar-refractivity contribution is -0.137. The SMILES string of the molecule is CC(C)N(C)CCNC(=O)c1cc(C(F)(F)F)ccc1Br. The smallest absolute Gasteiger partial charge is 0.351 e. The molecule has 0 aromatic heterocycles. The van der Waals surface area contributed by atoms with Crippen LogP contribution in [0.1, 0.15) is 29.8 Å². The van der Waals surface area contributed by atoms with Crippen LogP contribution in [0.2, 0.25) is 0 Å². The minimum absolute atomic E-state index is 0.0166. The molecule has 0 saturated heterocycles. The molecule has 1 amide bonds. The summed E-state index contributed by atoms with van der Waals surface area (Å²) in [4.78, 5) is 14.0. The fourth-order valence-electron chi connectivity index (χ4n) is 1.57. The average molecular weight is 367 g/mol. The molecule has 0 aliphatic heterocycles. The van der Waals surface area contributed by atoms with Crippen molar-refractivity contribution in [1.82, 2.24) is 10.2 Å². The summed E-state index contributed by atoms with van der Waals surface area (Å²) in [7, 11) is 1.91. The van der Waals surface area contributed by atoms with Crippen LogP contribution in [-0.4, -0.2) is 37.0 Å². The Morgan fingerprint density at radius 3 is 2.52 bits per heavy atom. The number of rotatable bonds is 5. The number of nitrogens with one attached hydrogen (secondary N) is 1. The highest BCUT2D eigenvalue weighted by molar-refractivity contribution is 9.10. The van der Waals surface area contributed by atoms with Crippen molar-refractivity contribution in [1.29, 1.82) is 0 Å². The van der Waals surface area contributed by atoms with Crippen LogP contribution in [0.4, 0.5) is 13.2 Å². The zero-order valence-electron chi connectivity index (χ0n) is 12.1. The summed E-state index contributed by atoms with van der Waals surface area (Å²) < 4.78 is 38.3. The first-order chi connectivity index (χ1) is 9.62. The molecule has 0 radical (unpaired) electrons. The van der Waals surface area contributed by atoms with E-state index < -0.39 is 17.6 Å². The predicted octanol–water partition coefficient (Wildman–Crippen LogP) is 3.54. The summed E-state index contributed by atoms with van der Waals surface area (Å²) in [6.45, 7) is 5.03. The Balaban J connectivity index is 2.74. The number of amides is 1. The van der Waals surface area contributed by atoms with Gasteiger partial charge in [0.15, 0.2) is 0 Å². The van der Waals surface area contributed by atoms with Gasteiger partial charge in [-0.05, 0) is 55.0 Å². The van der Waals surface area contributed by atoms with Gasteiger partial charge in [-0.1, -0.05) is 0 Å². The van der Waals surface area contributed by atoms with Gasteiger partial charge in [0, 0.05) is 23.6 Å². The molecule has 21 heavy (non-hydrogen) atoms. The highest BCUT2D eigenvalue weighted by Crippen LogP contribution is 2.31. The van der Waals surface area contributed by atoms with E-state index in [1.54, 1.807) is 0 Å². The summed E-state index contributed by atoms with van der Waals surface area (Å²) >= 11 is 3.10. The van der Waals surface area contributed by atoms with Crippen LogP contribution in [0.3, 0.4) is 0 Å². The van der Waals surface area contributed by atoms with Gasteiger partial charge in [0.1, 0.15) is 0 Å². The maximum Gasteiger partial charge on any atom is 0.416 e. The standard InChI is InChI=1S/C14H18BrF3N2O/c1-9(2)20(3)7-6-19-13(21)11-8-10(14(16,17)18)4-5-12(11)15/h4-5,8-9H,6-7H2,1-3H3,(H,19,21). The van der Waals surface area contributed by atoms with Gasteiger partial charge in [-0.2, -0.15) is 13.2 Å². The van der Waals surface area contributed by atoms with Gasteiger partial charge in [-0.3, -0.25) is 4.79 Å². The van der Waals surface area contributed by atoms with E-state index in [-0.39, 0.29) is 5.56 Å². The molecular weight excluding hydrogens is 349 g/mol. The van der Waals surface area contributed by atoms with Gasteiger partial charge in [0.2, 0.25) is 0 Å². The molecule has 7 heteroatoms. The number of hydrogen-bond acceptors (Lipinski definition) is 2. The second-order valence-corrected chi connectivity index (χ2v) is 5.88. The number of benzene rings is 1. The zero-order valence-corrected chi connectivity index (χ0v) is 13.7. The molecule has 1 aromatic carbocycles. The van der Waals surface area contributed by atoms with Crippen LogP contribution < -0.4 is 5.32 Å². The summed E-state index contributed by atoms with van der Waals surface area (Å²) in [6.07, 6.45) is -4.46. The molecule has 0 spiro atoms. The van der Waals surface area contributed by atoms with E-state index in [9.17, 15) is 18.0 Å². The number of hydrogen-bond donors (Lipinski definition) is 1. The van der Waals surface area contributed by atoms with Crippen molar-refractivity contribution in [2.75, 3.05) is 20.1 Å². The average Bonchev–Trinajstić information content (AvgIpc) is 2.37. The van der Waals surface area contributed by atoms with Crippen LogP contribution in [0.5, 0.6) is 0 Å². The second kappa shape index (κ2) is 7.26. The quantitative estimate of drug-likeness (QED) is 0.864. The van der Waals surface area contributed by atoms with Crippen LogP contribution >= 0.6 is 15.9 Å². The molecule has 1 aromatic rings. The van der Waals surface area contributed by atoms with Crippen LogP contribution in [-0.2, 0) is 6.18 Å². The minimum atomic E-state index is -4.46. The van der Waals surface area contributed by atoms with Crippen LogP contribution in [0, 0.1) is 0 Å². The first-order valence-electron chi connectivity index (χ1n) is 6.48. The molecular formula is C14H18BrF3N2O. The number of alkyl halides is 3. The number of halogens is 4. The molecule has 0 bridgehead atoms. The highest BCUT2D eigenvalue weighted by Gasteiger charge is 2.31. The van der Waals surface area contributed by atoms with Gasteiger partial charge >= 0.3 is 6.18 Å². The summed E-state index contributed by atoms with van der Waals surface area (Å²) in [5.74, 6) is -0.523. The zero-order chi connectivity index (χ0) is 16.2. The molecule has 1 N–H and O–H groups in total. The lowest BCUT2D eigenvalue weighted by Crippen LogP contribution is -2.36. The first-order valence-corrected chi connectivity index (χ1v) is 7.27. The Labute approximate surface area is 130 Å². The van der Waals surface area contributed by atoms with E-state index in [1.165, 1.54) is 6.07 Å². The molecule has 0 heterocycles. The minimum Gasteiger partial charge on any atom is -0.351 e. The van der Waals surface area contributed by atoms with Crippen molar-refractivity contribution in [2.24, 2.45) is 0 Å². The molecule has 118 valence electrons. The Morgan fingerprint density at radius 1 is 1.38 bits per heavy atom. The number of nitrogens with zero attached hydrogens (tertiary/aromatic N) is 1. The number of likely N-dealkylation sites (N-methyl/N-ethyl adjacent to an activating group) is 1. The van der Waals surface area contributed by atoms with E-state index in [4.69, 9.17) is 0 Å². The summed E-state index contributed by atoms with van der Waals surface area (Å²) in [5, 5.41) is 2.63. The summed E-state index contributed by atoms with van der Waals surface area (Å²) in [6, 6.07) is 3.36. The molecule has 0 atom stereocenters. The van der Waals surface area contributed by atoms with Gasteiger partial charge in [0.05, 0.1) is 11.1 Å². The molecule has 0 saturated carbocycles. The molecule has 0 fully saturated rings. The van der Waals surface area contributed by atoms with Crippen molar-refractivity contribution >= 4 is 21.8 Å². The maximum atomic E-state index is 12.7. The maximum absolute atomic E-state index is 12.7. The van der Waals surface area contributed by atoms with E-state index in [0.29, 0.717) is 23.6 Å². The van der Waals surface area contributed by atoms with E-state index in [2.05, 4.69) is 21.2 Å². The number of carbonyl (C=O) groups is 1. The topological polar surface area (TPSA) is 32.3 Å². The van der Waals surface area contributed by atoms with Gasteiger partial charge in [-0.15, -0.1) is 0 Å². The third-order valence-corrected chi connectivity index (χ3v) is 3.86. The van der Waals surface area contributed by atoms with Crippen LogP contribution in [0.15, 0.2) is 22.7 Å². The lowest BCUT2D eigenvalue weighted by Gasteiger charge is -2.21. The van der Waals surface area contributed by atoms with Gasteiger partial charge in [0.25, 0.3) is 5.91 Å². The third kappa shape index (κ3) is 5.32. The van der Waals surface area contributed by atoms with Crippen molar-refractivity contribution < 1.29 is 18.0 Å². The molecule has 0 aliphatic carbocycles. The Morgan fingerprint density at radius 2 is 2.00 bits per heavy atom. The second-order valence-electron chi connectivity index (χ2n) is 5.02. The largest absolute Gasteiger partial charge is 0.416 e. The van der Waals surface area contributed by atoms with E-state index in [1.807, 2.05) is 25.8 Å². The molecule has 1 rings (SSSR count). The summed E-state index contributed by atoms with van der Waals surface area (Å²) in [5.41, 5.74) is -0.854. The van der Waals surface area contributed by atoms with E-state index in [0.717, 1.165) is 12.1 Å². The fourth-order valence-corrected chi connectivity index (χ4v) is 2.00. The van der Waals surface area contributed by atoms with Crippen LogP contribution in [0.25, 0.3) is 0 Å². The normalized spacial score (nSPS) is 12.0. The third-order valence-electron chi connectivity index (χ3n) is 3.17.